The van der Waals surface area contributed by atoms with E-state index in [0.29, 0.717) is 6.61 Å². The number of hydrogen-bond acceptors (Lipinski definition) is 2. The molecule has 0 aromatic rings. The van der Waals surface area contributed by atoms with Crippen LogP contribution in [0.1, 0.15) is 40.5 Å². The molecule has 0 saturated heterocycles. The van der Waals surface area contributed by atoms with Crippen LogP contribution < -0.4 is 5.73 Å². The first-order chi connectivity index (χ1) is 5.48. The lowest BCUT2D eigenvalue weighted by Crippen LogP contribution is -2.40. The molecule has 2 nitrogen and oxygen atoms in total. The Bertz CT molecular complexity index is 110. The number of ether oxygens (including phenoxy) is 1. The molecule has 0 rings (SSSR count). The van der Waals surface area contributed by atoms with Gasteiger partial charge in [0, 0.05) is 12.1 Å². The second-order valence-corrected chi connectivity index (χ2v) is 4.24. The third kappa shape index (κ3) is 6.62. The van der Waals surface area contributed by atoms with Crippen molar-refractivity contribution >= 4 is 0 Å². The van der Waals surface area contributed by atoms with Gasteiger partial charge in [-0.25, -0.2) is 0 Å². The molecule has 0 aliphatic rings. The SMILES string of the molecule is CCC(C)(N)COCCC(C)C. The minimum atomic E-state index is -0.142. The summed E-state index contributed by atoms with van der Waals surface area (Å²) in [6, 6.07) is 0. The zero-order valence-corrected chi connectivity index (χ0v) is 8.89. The summed E-state index contributed by atoms with van der Waals surface area (Å²) >= 11 is 0. The fourth-order valence-corrected chi connectivity index (χ4v) is 0.726. The van der Waals surface area contributed by atoms with Gasteiger partial charge in [0.05, 0.1) is 6.61 Å². The van der Waals surface area contributed by atoms with E-state index in [2.05, 4.69) is 20.8 Å². The normalized spacial score (nSPS) is 16.5. The van der Waals surface area contributed by atoms with E-state index in [4.69, 9.17) is 10.5 Å². The Kier molecular flexibility index (Phi) is 5.51. The number of hydrogen-bond donors (Lipinski definition) is 1. The van der Waals surface area contributed by atoms with E-state index in [9.17, 15) is 0 Å². The summed E-state index contributed by atoms with van der Waals surface area (Å²) in [4.78, 5) is 0. The highest BCUT2D eigenvalue weighted by molar-refractivity contribution is 4.75. The first kappa shape index (κ1) is 11.9. The van der Waals surface area contributed by atoms with Gasteiger partial charge in [0.15, 0.2) is 0 Å². The molecule has 0 aromatic carbocycles. The minimum absolute atomic E-state index is 0.142. The molecule has 0 radical (unpaired) electrons. The van der Waals surface area contributed by atoms with Gasteiger partial charge in [0.1, 0.15) is 0 Å². The fraction of sp³-hybridized carbons (Fsp3) is 1.00. The van der Waals surface area contributed by atoms with Gasteiger partial charge in [-0.2, -0.15) is 0 Å². The van der Waals surface area contributed by atoms with Crippen molar-refractivity contribution in [1.82, 2.24) is 0 Å². The van der Waals surface area contributed by atoms with Crippen molar-refractivity contribution in [2.75, 3.05) is 13.2 Å². The molecule has 0 saturated carbocycles. The maximum atomic E-state index is 5.91. The lowest BCUT2D eigenvalue weighted by Gasteiger charge is -2.22. The molecule has 0 amide bonds. The Morgan fingerprint density at radius 1 is 1.42 bits per heavy atom. The highest BCUT2D eigenvalue weighted by atomic mass is 16.5. The van der Waals surface area contributed by atoms with Crippen LogP contribution in [-0.2, 0) is 4.74 Å². The molecular formula is C10H23NO. The molecule has 0 heterocycles. The number of nitrogens with two attached hydrogens (primary N) is 1. The molecule has 0 bridgehead atoms. The van der Waals surface area contributed by atoms with Crippen molar-refractivity contribution in [1.29, 1.82) is 0 Å². The van der Waals surface area contributed by atoms with Crippen LogP contribution >= 0.6 is 0 Å². The molecule has 0 fully saturated rings. The maximum absolute atomic E-state index is 5.91. The monoisotopic (exact) mass is 173 g/mol. The zero-order valence-electron chi connectivity index (χ0n) is 8.89. The molecule has 1 unspecified atom stereocenters. The highest BCUT2D eigenvalue weighted by Gasteiger charge is 2.14. The quantitative estimate of drug-likeness (QED) is 0.625. The summed E-state index contributed by atoms with van der Waals surface area (Å²) < 4.78 is 5.48. The van der Waals surface area contributed by atoms with Crippen molar-refractivity contribution in [3.8, 4) is 0 Å². The van der Waals surface area contributed by atoms with E-state index in [-0.39, 0.29) is 5.54 Å². The van der Waals surface area contributed by atoms with Gasteiger partial charge in [-0.05, 0) is 25.7 Å². The summed E-state index contributed by atoms with van der Waals surface area (Å²) in [7, 11) is 0. The van der Waals surface area contributed by atoms with Crippen LogP contribution in [0.25, 0.3) is 0 Å². The topological polar surface area (TPSA) is 35.2 Å². The van der Waals surface area contributed by atoms with Crippen LogP contribution in [0.4, 0.5) is 0 Å². The lowest BCUT2D eigenvalue weighted by atomic mass is 10.0. The van der Waals surface area contributed by atoms with Gasteiger partial charge in [-0.3, -0.25) is 0 Å². The summed E-state index contributed by atoms with van der Waals surface area (Å²) in [6.45, 7) is 10.0. The van der Waals surface area contributed by atoms with Crippen molar-refractivity contribution in [3.05, 3.63) is 0 Å². The van der Waals surface area contributed by atoms with Crippen molar-refractivity contribution < 1.29 is 4.74 Å². The van der Waals surface area contributed by atoms with Crippen LogP contribution in [0.15, 0.2) is 0 Å². The third-order valence-electron chi connectivity index (χ3n) is 2.08. The standard InChI is InChI=1S/C10H23NO/c1-5-10(4,11)8-12-7-6-9(2)3/h9H,5-8,11H2,1-4H3. The van der Waals surface area contributed by atoms with Gasteiger partial charge in [-0.15, -0.1) is 0 Å². The molecule has 0 aliphatic heterocycles. The largest absolute Gasteiger partial charge is 0.380 e. The molecule has 1 atom stereocenters. The van der Waals surface area contributed by atoms with E-state index in [1.165, 1.54) is 0 Å². The Balaban J connectivity index is 3.31. The molecule has 0 aliphatic carbocycles. The van der Waals surface area contributed by atoms with Gasteiger partial charge in [0.25, 0.3) is 0 Å². The number of rotatable bonds is 6. The molecule has 0 spiro atoms. The highest BCUT2D eigenvalue weighted by Crippen LogP contribution is 2.06. The first-order valence-corrected chi connectivity index (χ1v) is 4.84. The van der Waals surface area contributed by atoms with E-state index in [1.807, 2.05) is 6.92 Å². The minimum Gasteiger partial charge on any atom is -0.380 e. The Hall–Kier alpha value is -0.0800. The summed E-state index contributed by atoms with van der Waals surface area (Å²) in [6.07, 6.45) is 2.09. The average molecular weight is 173 g/mol. The van der Waals surface area contributed by atoms with Gasteiger partial charge < -0.3 is 10.5 Å². The molecular weight excluding hydrogens is 150 g/mol. The van der Waals surface area contributed by atoms with Crippen LogP contribution in [0.3, 0.4) is 0 Å². The molecule has 74 valence electrons. The van der Waals surface area contributed by atoms with Crippen molar-refractivity contribution in [2.45, 2.75) is 46.1 Å². The van der Waals surface area contributed by atoms with Crippen LogP contribution in [0.2, 0.25) is 0 Å². The molecule has 0 aromatic heterocycles. The first-order valence-electron chi connectivity index (χ1n) is 4.84. The predicted molar refractivity (Wildman–Crippen MR) is 53.2 cm³/mol. The van der Waals surface area contributed by atoms with E-state index < -0.39 is 0 Å². The van der Waals surface area contributed by atoms with E-state index in [1.54, 1.807) is 0 Å². The van der Waals surface area contributed by atoms with Crippen molar-refractivity contribution in [2.24, 2.45) is 11.7 Å². The predicted octanol–water partition coefficient (Wildman–Crippen LogP) is 2.18. The zero-order chi connectivity index (χ0) is 9.61. The second-order valence-electron chi connectivity index (χ2n) is 4.24. The third-order valence-corrected chi connectivity index (χ3v) is 2.08. The van der Waals surface area contributed by atoms with Crippen LogP contribution in [0.5, 0.6) is 0 Å². The smallest absolute Gasteiger partial charge is 0.0643 e. The molecule has 12 heavy (non-hydrogen) atoms. The van der Waals surface area contributed by atoms with Gasteiger partial charge in [-0.1, -0.05) is 20.8 Å². The van der Waals surface area contributed by atoms with Crippen LogP contribution in [0, 0.1) is 5.92 Å². The summed E-state index contributed by atoms with van der Waals surface area (Å²) in [5.41, 5.74) is 5.77. The van der Waals surface area contributed by atoms with Gasteiger partial charge in [0.2, 0.25) is 0 Å². The summed E-state index contributed by atoms with van der Waals surface area (Å²) in [5.74, 6) is 0.718. The molecule has 2 heteroatoms. The Morgan fingerprint density at radius 2 is 2.00 bits per heavy atom. The van der Waals surface area contributed by atoms with Crippen LogP contribution in [-0.4, -0.2) is 18.8 Å². The van der Waals surface area contributed by atoms with E-state index >= 15 is 0 Å². The summed E-state index contributed by atoms with van der Waals surface area (Å²) in [5, 5.41) is 0. The Morgan fingerprint density at radius 3 is 2.42 bits per heavy atom. The maximum Gasteiger partial charge on any atom is 0.0643 e. The lowest BCUT2D eigenvalue weighted by molar-refractivity contribution is 0.0820. The van der Waals surface area contributed by atoms with Gasteiger partial charge >= 0.3 is 0 Å². The van der Waals surface area contributed by atoms with Crippen molar-refractivity contribution in [3.63, 3.8) is 0 Å². The molecule has 2 N–H and O–H groups in total. The Labute approximate surface area is 76.5 Å². The second kappa shape index (κ2) is 5.55. The average Bonchev–Trinajstić information content (AvgIpc) is 1.98. The van der Waals surface area contributed by atoms with E-state index in [0.717, 1.165) is 25.4 Å². The fourth-order valence-electron chi connectivity index (χ4n) is 0.726.